The zero-order valence-corrected chi connectivity index (χ0v) is 10.8. The van der Waals surface area contributed by atoms with Gasteiger partial charge in [-0.3, -0.25) is 0 Å². The molecule has 0 aliphatic heterocycles. The number of nitrogens with two attached hydrogens (primary N) is 1. The van der Waals surface area contributed by atoms with E-state index in [1.165, 1.54) is 23.5 Å². The Labute approximate surface area is 101 Å². The zero-order chi connectivity index (χ0) is 12.3. The third kappa shape index (κ3) is 2.74. The second kappa shape index (κ2) is 5.14. The summed E-state index contributed by atoms with van der Waals surface area (Å²) >= 11 is 5.76. The van der Waals surface area contributed by atoms with Crippen LogP contribution in [-0.2, 0) is 10.0 Å². The number of halogens is 1. The van der Waals surface area contributed by atoms with Crippen molar-refractivity contribution < 1.29 is 8.42 Å². The molecule has 1 atom stereocenters. The molecule has 0 saturated carbocycles. The molecule has 1 aromatic rings. The average Bonchev–Trinajstić information content (AvgIpc) is 2.27. The molecule has 1 aromatic carbocycles. The van der Waals surface area contributed by atoms with Crippen LogP contribution in [0.1, 0.15) is 6.92 Å². The second-order valence-corrected chi connectivity index (χ2v) is 6.00. The first kappa shape index (κ1) is 13.4. The maximum Gasteiger partial charge on any atom is 0.243 e. The number of nitrogens with zero attached hydrogens (tertiary/aromatic N) is 1. The van der Waals surface area contributed by atoms with Crippen LogP contribution >= 0.6 is 11.6 Å². The summed E-state index contributed by atoms with van der Waals surface area (Å²) in [7, 11) is -2.00. The van der Waals surface area contributed by atoms with Crippen molar-refractivity contribution in [3.63, 3.8) is 0 Å². The van der Waals surface area contributed by atoms with E-state index in [2.05, 4.69) is 0 Å². The smallest absolute Gasteiger partial charge is 0.243 e. The van der Waals surface area contributed by atoms with Crippen molar-refractivity contribution >= 4 is 21.6 Å². The van der Waals surface area contributed by atoms with E-state index in [-0.39, 0.29) is 17.5 Å². The van der Waals surface area contributed by atoms with Crippen molar-refractivity contribution in [3.8, 4) is 0 Å². The Kier molecular flexibility index (Phi) is 4.32. The Morgan fingerprint density at radius 2 is 2.12 bits per heavy atom. The van der Waals surface area contributed by atoms with Crippen LogP contribution in [0, 0.1) is 0 Å². The Bertz CT molecular complexity index is 462. The molecule has 0 spiro atoms. The summed E-state index contributed by atoms with van der Waals surface area (Å²) in [5.74, 6) is 0. The van der Waals surface area contributed by atoms with Crippen molar-refractivity contribution in [1.29, 1.82) is 0 Å². The highest BCUT2D eigenvalue weighted by molar-refractivity contribution is 7.89. The summed E-state index contributed by atoms with van der Waals surface area (Å²) in [5.41, 5.74) is 5.45. The average molecular weight is 263 g/mol. The van der Waals surface area contributed by atoms with Gasteiger partial charge in [0, 0.05) is 24.7 Å². The van der Waals surface area contributed by atoms with Gasteiger partial charge >= 0.3 is 0 Å². The van der Waals surface area contributed by atoms with E-state index in [1.807, 2.05) is 0 Å². The van der Waals surface area contributed by atoms with Crippen LogP contribution in [0.15, 0.2) is 29.2 Å². The summed E-state index contributed by atoms with van der Waals surface area (Å²) in [4.78, 5) is 0.183. The highest BCUT2D eigenvalue weighted by Gasteiger charge is 2.24. The fourth-order valence-electron chi connectivity index (χ4n) is 1.18. The summed E-state index contributed by atoms with van der Waals surface area (Å²) in [6.45, 7) is 2.03. The first-order valence-electron chi connectivity index (χ1n) is 4.83. The number of hydrogen-bond acceptors (Lipinski definition) is 3. The van der Waals surface area contributed by atoms with Gasteiger partial charge in [0.2, 0.25) is 10.0 Å². The monoisotopic (exact) mass is 262 g/mol. The van der Waals surface area contributed by atoms with E-state index in [9.17, 15) is 8.42 Å². The van der Waals surface area contributed by atoms with Crippen molar-refractivity contribution in [3.05, 3.63) is 29.3 Å². The van der Waals surface area contributed by atoms with Gasteiger partial charge < -0.3 is 5.73 Å². The predicted molar refractivity (Wildman–Crippen MR) is 64.9 cm³/mol. The SMILES string of the molecule is C[C@@H](CN)N(C)S(=O)(=O)c1cccc(Cl)c1. The van der Waals surface area contributed by atoms with E-state index in [1.54, 1.807) is 19.1 Å². The minimum absolute atomic E-state index is 0.183. The minimum Gasteiger partial charge on any atom is -0.329 e. The topological polar surface area (TPSA) is 63.4 Å². The molecule has 2 N–H and O–H groups in total. The van der Waals surface area contributed by atoms with Gasteiger partial charge in [0.1, 0.15) is 0 Å². The molecule has 16 heavy (non-hydrogen) atoms. The molecule has 1 rings (SSSR count). The van der Waals surface area contributed by atoms with E-state index in [4.69, 9.17) is 17.3 Å². The lowest BCUT2D eigenvalue weighted by Crippen LogP contribution is -2.39. The number of hydrogen-bond donors (Lipinski definition) is 1. The zero-order valence-electron chi connectivity index (χ0n) is 9.22. The van der Waals surface area contributed by atoms with E-state index in [0.717, 1.165) is 0 Å². The molecule has 0 saturated heterocycles. The summed E-state index contributed by atoms with van der Waals surface area (Å²) in [6, 6.07) is 5.93. The molecular formula is C10H15ClN2O2S. The fourth-order valence-corrected chi connectivity index (χ4v) is 2.85. The maximum absolute atomic E-state index is 12.1. The third-order valence-corrected chi connectivity index (χ3v) is 4.64. The van der Waals surface area contributed by atoms with Crippen molar-refractivity contribution in [2.45, 2.75) is 17.9 Å². The second-order valence-electron chi connectivity index (χ2n) is 3.56. The number of sulfonamides is 1. The van der Waals surface area contributed by atoms with Gasteiger partial charge in [-0.25, -0.2) is 8.42 Å². The van der Waals surface area contributed by atoms with Crippen LogP contribution in [0.4, 0.5) is 0 Å². The first-order valence-corrected chi connectivity index (χ1v) is 6.65. The molecule has 0 aromatic heterocycles. The summed E-state index contributed by atoms with van der Waals surface area (Å²) in [5, 5.41) is 0.398. The fraction of sp³-hybridized carbons (Fsp3) is 0.400. The van der Waals surface area contributed by atoms with Crippen LogP contribution in [0.25, 0.3) is 0 Å². The van der Waals surface area contributed by atoms with Gasteiger partial charge in [-0.05, 0) is 25.1 Å². The highest BCUT2D eigenvalue weighted by atomic mass is 35.5. The van der Waals surface area contributed by atoms with E-state index in [0.29, 0.717) is 5.02 Å². The molecule has 6 heteroatoms. The third-order valence-electron chi connectivity index (χ3n) is 2.43. The lowest BCUT2D eigenvalue weighted by Gasteiger charge is -2.22. The van der Waals surface area contributed by atoms with E-state index >= 15 is 0 Å². The standard InChI is InChI=1S/C10H15ClN2O2S/c1-8(7-12)13(2)16(14,15)10-5-3-4-9(11)6-10/h3-6,8H,7,12H2,1-2H3/t8-/m0/s1. The van der Waals surface area contributed by atoms with Crippen molar-refractivity contribution in [2.24, 2.45) is 5.73 Å². The minimum atomic E-state index is -3.50. The lowest BCUT2D eigenvalue weighted by molar-refractivity contribution is 0.394. The van der Waals surface area contributed by atoms with Gasteiger partial charge in [-0.15, -0.1) is 0 Å². The van der Waals surface area contributed by atoms with Crippen LogP contribution in [0.3, 0.4) is 0 Å². The van der Waals surface area contributed by atoms with Gasteiger partial charge in [-0.1, -0.05) is 17.7 Å². The molecule has 0 unspecified atom stereocenters. The molecule has 0 radical (unpaired) electrons. The Hall–Kier alpha value is -0.620. The van der Waals surface area contributed by atoms with Gasteiger partial charge in [-0.2, -0.15) is 4.31 Å². The molecule has 90 valence electrons. The maximum atomic E-state index is 12.1. The quantitative estimate of drug-likeness (QED) is 0.890. The van der Waals surface area contributed by atoms with Gasteiger partial charge in [0.05, 0.1) is 4.90 Å². The predicted octanol–water partition coefficient (Wildman–Crippen LogP) is 1.31. The molecule has 0 bridgehead atoms. The Morgan fingerprint density at radius 3 is 2.62 bits per heavy atom. The van der Waals surface area contributed by atoms with Crippen molar-refractivity contribution in [2.75, 3.05) is 13.6 Å². The summed E-state index contributed by atoms with van der Waals surface area (Å²) < 4.78 is 25.4. The first-order chi connectivity index (χ1) is 7.39. The molecule has 0 heterocycles. The molecule has 0 fully saturated rings. The van der Waals surface area contributed by atoms with Crippen LogP contribution in [-0.4, -0.2) is 32.4 Å². The highest BCUT2D eigenvalue weighted by Crippen LogP contribution is 2.19. The molecule has 4 nitrogen and oxygen atoms in total. The normalized spacial score (nSPS) is 14.1. The van der Waals surface area contributed by atoms with Crippen LogP contribution in [0.2, 0.25) is 5.02 Å². The van der Waals surface area contributed by atoms with Crippen LogP contribution < -0.4 is 5.73 Å². The number of rotatable bonds is 4. The van der Waals surface area contributed by atoms with Gasteiger partial charge in [0.25, 0.3) is 0 Å². The Morgan fingerprint density at radius 1 is 1.50 bits per heavy atom. The summed E-state index contributed by atoms with van der Waals surface area (Å²) in [6.07, 6.45) is 0. The number of benzene rings is 1. The lowest BCUT2D eigenvalue weighted by atomic mass is 10.4. The van der Waals surface area contributed by atoms with E-state index < -0.39 is 10.0 Å². The molecule has 0 aliphatic rings. The largest absolute Gasteiger partial charge is 0.329 e. The molecule has 0 aliphatic carbocycles. The molecule has 0 amide bonds. The van der Waals surface area contributed by atoms with Crippen LogP contribution in [0.5, 0.6) is 0 Å². The Balaban J connectivity index is 3.12. The van der Waals surface area contributed by atoms with Gasteiger partial charge in [0.15, 0.2) is 0 Å². The van der Waals surface area contributed by atoms with Crippen molar-refractivity contribution in [1.82, 2.24) is 4.31 Å². The number of likely N-dealkylation sites (N-methyl/N-ethyl adjacent to an activating group) is 1. The molecular weight excluding hydrogens is 248 g/mol.